The molecule has 5 rings (SSSR count). The molecule has 1 fully saturated rings. The van der Waals surface area contributed by atoms with Crippen molar-refractivity contribution in [2.75, 3.05) is 19.7 Å². The van der Waals surface area contributed by atoms with Crippen molar-refractivity contribution in [3.63, 3.8) is 0 Å². The number of likely N-dealkylation sites (tertiary alicyclic amines) is 1. The third kappa shape index (κ3) is 4.02. The van der Waals surface area contributed by atoms with E-state index in [0.717, 1.165) is 47.1 Å². The molecule has 160 valence electrons. The number of para-hydroxylation sites is 1. The van der Waals surface area contributed by atoms with Gasteiger partial charge in [-0.15, -0.1) is 0 Å². The van der Waals surface area contributed by atoms with Crippen LogP contribution in [0.2, 0.25) is 0 Å². The van der Waals surface area contributed by atoms with Crippen LogP contribution in [0.5, 0.6) is 0 Å². The number of aliphatic hydroxyl groups is 1. The van der Waals surface area contributed by atoms with E-state index in [2.05, 4.69) is 36.4 Å². The van der Waals surface area contributed by atoms with Crippen molar-refractivity contribution in [1.29, 1.82) is 0 Å². The molecule has 1 amide bonds. The monoisotopic (exact) mass is 422 g/mol. The highest BCUT2D eigenvalue weighted by molar-refractivity contribution is 6.07. The smallest absolute Gasteiger partial charge is 0.254 e. The molecule has 0 spiro atoms. The van der Waals surface area contributed by atoms with Crippen LogP contribution in [0.15, 0.2) is 84.9 Å². The van der Waals surface area contributed by atoms with Crippen LogP contribution in [0.25, 0.3) is 33.3 Å². The van der Waals surface area contributed by atoms with Crippen molar-refractivity contribution in [2.24, 2.45) is 5.92 Å². The first-order chi connectivity index (χ1) is 15.7. The van der Waals surface area contributed by atoms with E-state index in [1.54, 1.807) is 0 Å². The van der Waals surface area contributed by atoms with E-state index >= 15 is 0 Å². The van der Waals surface area contributed by atoms with Gasteiger partial charge >= 0.3 is 0 Å². The van der Waals surface area contributed by atoms with Crippen LogP contribution < -0.4 is 0 Å². The van der Waals surface area contributed by atoms with E-state index in [1.165, 1.54) is 5.56 Å². The number of nitrogens with zero attached hydrogens (tertiary/aromatic N) is 2. The SMILES string of the molecule is O=C(c1cc(-c2ccc(-c3ccccc3)cc2)nc2ccccc12)N1CCCC(CO)C1. The Bertz CT molecular complexity index is 1240. The molecule has 1 atom stereocenters. The summed E-state index contributed by atoms with van der Waals surface area (Å²) in [5.74, 6) is 0.176. The number of fused-ring (bicyclic) bond motifs is 1. The first-order valence-corrected chi connectivity index (χ1v) is 11.2. The molecule has 1 saturated heterocycles. The van der Waals surface area contributed by atoms with Gasteiger partial charge in [-0.3, -0.25) is 4.79 Å². The van der Waals surface area contributed by atoms with Gasteiger partial charge in [-0.05, 0) is 42.0 Å². The fourth-order valence-electron chi connectivity index (χ4n) is 4.53. The maximum Gasteiger partial charge on any atom is 0.254 e. The number of hydrogen-bond acceptors (Lipinski definition) is 3. The highest BCUT2D eigenvalue weighted by atomic mass is 16.3. The highest BCUT2D eigenvalue weighted by Gasteiger charge is 2.25. The predicted molar refractivity (Wildman–Crippen MR) is 128 cm³/mol. The van der Waals surface area contributed by atoms with Gasteiger partial charge in [0.2, 0.25) is 0 Å². The number of benzene rings is 3. The summed E-state index contributed by atoms with van der Waals surface area (Å²) in [5.41, 5.74) is 5.59. The maximum atomic E-state index is 13.5. The largest absolute Gasteiger partial charge is 0.396 e. The number of piperidine rings is 1. The molecule has 0 aliphatic carbocycles. The Morgan fingerprint density at radius 1 is 0.906 bits per heavy atom. The van der Waals surface area contributed by atoms with Gasteiger partial charge in [-0.2, -0.15) is 0 Å². The van der Waals surface area contributed by atoms with Crippen molar-refractivity contribution in [1.82, 2.24) is 9.88 Å². The molecule has 2 heterocycles. The zero-order valence-corrected chi connectivity index (χ0v) is 17.9. The molecule has 1 unspecified atom stereocenters. The number of amides is 1. The fraction of sp³-hybridized carbons (Fsp3) is 0.214. The minimum Gasteiger partial charge on any atom is -0.396 e. The molecule has 4 aromatic rings. The maximum absolute atomic E-state index is 13.5. The molecule has 1 aromatic heterocycles. The van der Waals surface area contributed by atoms with E-state index in [4.69, 9.17) is 4.98 Å². The topological polar surface area (TPSA) is 53.4 Å². The van der Waals surface area contributed by atoms with Crippen LogP contribution in [0.3, 0.4) is 0 Å². The lowest BCUT2D eigenvalue weighted by Crippen LogP contribution is -2.41. The number of aromatic nitrogens is 1. The van der Waals surface area contributed by atoms with Gasteiger partial charge in [0, 0.05) is 30.6 Å². The summed E-state index contributed by atoms with van der Waals surface area (Å²) in [6, 6.07) is 28.3. The average molecular weight is 423 g/mol. The number of hydrogen-bond donors (Lipinski definition) is 1. The molecule has 1 N–H and O–H groups in total. The van der Waals surface area contributed by atoms with E-state index < -0.39 is 0 Å². The first kappa shape index (κ1) is 20.4. The first-order valence-electron chi connectivity index (χ1n) is 11.2. The summed E-state index contributed by atoms with van der Waals surface area (Å²) in [7, 11) is 0. The minimum absolute atomic E-state index is 0.0175. The molecule has 0 radical (unpaired) electrons. The van der Waals surface area contributed by atoms with E-state index in [0.29, 0.717) is 12.1 Å². The van der Waals surface area contributed by atoms with Gasteiger partial charge in [0.1, 0.15) is 0 Å². The number of pyridine rings is 1. The second-order valence-corrected chi connectivity index (χ2v) is 8.46. The van der Waals surface area contributed by atoms with E-state index in [-0.39, 0.29) is 18.4 Å². The third-order valence-corrected chi connectivity index (χ3v) is 6.30. The molecule has 32 heavy (non-hydrogen) atoms. The second-order valence-electron chi connectivity index (χ2n) is 8.46. The summed E-state index contributed by atoms with van der Waals surface area (Å²) >= 11 is 0. The second kappa shape index (κ2) is 8.93. The van der Waals surface area contributed by atoms with Crippen LogP contribution in [0.1, 0.15) is 23.2 Å². The highest BCUT2D eigenvalue weighted by Crippen LogP contribution is 2.29. The van der Waals surface area contributed by atoms with E-state index in [9.17, 15) is 9.90 Å². The number of aliphatic hydroxyl groups excluding tert-OH is 1. The van der Waals surface area contributed by atoms with Crippen LogP contribution >= 0.6 is 0 Å². The summed E-state index contributed by atoms with van der Waals surface area (Å²) < 4.78 is 0. The van der Waals surface area contributed by atoms with Crippen molar-refractivity contribution >= 4 is 16.8 Å². The summed E-state index contributed by atoms with van der Waals surface area (Å²) in [6.45, 7) is 1.46. The summed E-state index contributed by atoms with van der Waals surface area (Å²) in [5, 5.41) is 10.5. The van der Waals surface area contributed by atoms with Crippen molar-refractivity contribution in [3.8, 4) is 22.4 Å². The molecule has 0 bridgehead atoms. The van der Waals surface area contributed by atoms with Gasteiger partial charge in [-0.25, -0.2) is 4.98 Å². The Balaban J connectivity index is 1.53. The molecule has 0 saturated carbocycles. The van der Waals surface area contributed by atoms with Crippen LogP contribution in [-0.2, 0) is 0 Å². The Kier molecular flexibility index (Phi) is 5.70. The summed E-state index contributed by atoms with van der Waals surface area (Å²) in [6.07, 6.45) is 1.89. The number of carbonyl (C=O) groups excluding carboxylic acids is 1. The van der Waals surface area contributed by atoms with Crippen molar-refractivity contribution < 1.29 is 9.90 Å². The molecule has 4 nitrogen and oxygen atoms in total. The van der Waals surface area contributed by atoms with Crippen LogP contribution in [-0.4, -0.2) is 40.6 Å². The lowest BCUT2D eigenvalue weighted by molar-refractivity contribution is 0.0622. The average Bonchev–Trinajstić information content (AvgIpc) is 2.88. The lowest BCUT2D eigenvalue weighted by Gasteiger charge is -2.32. The number of carbonyl (C=O) groups is 1. The lowest BCUT2D eigenvalue weighted by atomic mass is 9.97. The zero-order chi connectivity index (χ0) is 21.9. The van der Waals surface area contributed by atoms with E-state index in [1.807, 2.05) is 53.4 Å². The molecule has 4 heteroatoms. The van der Waals surface area contributed by atoms with Gasteiger partial charge in [0.15, 0.2) is 0 Å². The van der Waals surface area contributed by atoms with Crippen LogP contribution in [0.4, 0.5) is 0 Å². The molecule has 3 aromatic carbocycles. The Labute approximate surface area is 188 Å². The molecule has 1 aliphatic heterocycles. The Hall–Kier alpha value is -3.50. The van der Waals surface area contributed by atoms with Gasteiger partial charge in [0.05, 0.1) is 16.8 Å². The quantitative estimate of drug-likeness (QED) is 0.478. The standard InChI is InChI=1S/C28H26N2O2/c31-19-20-7-6-16-30(18-20)28(32)25-17-27(29-26-11-5-4-10-24(25)26)23-14-12-22(13-15-23)21-8-2-1-3-9-21/h1-5,8-15,17,20,31H,6-7,16,18-19H2. The normalized spacial score (nSPS) is 16.3. The van der Waals surface area contributed by atoms with Gasteiger partial charge in [-0.1, -0.05) is 72.8 Å². The summed E-state index contributed by atoms with van der Waals surface area (Å²) in [4.78, 5) is 20.3. The van der Waals surface area contributed by atoms with Gasteiger partial charge < -0.3 is 10.0 Å². The molecular weight excluding hydrogens is 396 g/mol. The zero-order valence-electron chi connectivity index (χ0n) is 17.9. The Morgan fingerprint density at radius 3 is 2.38 bits per heavy atom. The Morgan fingerprint density at radius 2 is 1.59 bits per heavy atom. The minimum atomic E-state index is 0.0175. The van der Waals surface area contributed by atoms with Crippen molar-refractivity contribution in [3.05, 3.63) is 90.5 Å². The van der Waals surface area contributed by atoms with Crippen molar-refractivity contribution in [2.45, 2.75) is 12.8 Å². The predicted octanol–water partition coefficient (Wildman–Crippen LogP) is 5.41. The molecular formula is C28H26N2O2. The fourth-order valence-corrected chi connectivity index (χ4v) is 4.53. The van der Waals surface area contributed by atoms with Gasteiger partial charge in [0.25, 0.3) is 5.91 Å². The molecule has 1 aliphatic rings. The van der Waals surface area contributed by atoms with Crippen LogP contribution in [0, 0.1) is 5.92 Å². The number of rotatable bonds is 4. The third-order valence-electron chi connectivity index (χ3n) is 6.30.